The Labute approximate surface area is 195 Å². The number of fused-ring (bicyclic) bond motifs is 3. The first-order chi connectivity index (χ1) is 16.1. The average molecular weight is 446 g/mol. The van der Waals surface area contributed by atoms with Crippen molar-refractivity contribution in [1.29, 1.82) is 0 Å². The van der Waals surface area contributed by atoms with E-state index in [2.05, 4.69) is 34.6 Å². The number of anilines is 1. The number of methoxy groups -OCH3 is 1. The van der Waals surface area contributed by atoms with E-state index < -0.39 is 0 Å². The molecule has 1 saturated heterocycles. The molecule has 1 fully saturated rings. The molecule has 0 aromatic heterocycles. The fourth-order valence-corrected chi connectivity index (χ4v) is 5.61. The molecule has 2 aromatic carbocycles. The van der Waals surface area contributed by atoms with Gasteiger partial charge in [0.2, 0.25) is 0 Å². The Balaban J connectivity index is 1.49. The molecule has 6 nitrogen and oxygen atoms in total. The summed E-state index contributed by atoms with van der Waals surface area (Å²) < 4.78 is 5.34. The second kappa shape index (κ2) is 9.02. The first kappa shape index (κ1) is 21.7. The molecule has 2 unspecified atom stereocenters. The summed E-state index contributed by atoms with van der Waals surface area (Å²) in [6, 6.07) is 14.5. The minimum Gasteiger partial charge on any atom is -0.497 e. The lowest BCUT2D eigenvalue weighted by molar-refractivity contribution is -0.113. The minimum atomic E-state index is -0.0822. The highest BCUT2D eigenvalue weighted by Crippen LogP contribution is 2.41. The molecule has 2 N–H and O–H groups in total. The van der Waals surface area contributed by atoms with Gasteiger partial charge < -0.3 is 15.4 Å². The molecule has 2 atom stereocenters. The Morgan fingerprint density at radius 3 is 2.61 bits per heavy atom. The smallest absolute Gasteiger partial charge is 0.251 e. The molecule has 3 aliphatic heterocycles. The van der Waals surface area contributed by atoms with Crippen LogP contribution in [0.25, 0.3) is 5.57 Å². The van der Waals surface area contributed by atoms with E-state index in [-0.39, 0.29) is 11.8 Å². The van der Waals surface area contributed by atoms with E-state index in [1.54, 1.807) is 13.2 Å². The van der Waals surface area contributed by atoms with Crippen molar-refractivity contribution in [2.45, 2.75) is 57.7 Å². The molecule has 33 heavy (non-hydrogen) atoms. The van der Waals surface area contributed by atoms with Crippen LogP contribution in [0.2, 0.25) is 0 Å². The van der Waals surface area contributed by atoms with Gasteiger partial charge in [0, 0.05) is 35.5 Å². The van der Waals surface area contributed by atoms with E-state index in [9.17, 15) is 9.59 Å². The standard InChI is InChI=1S/C27H31N3O3/c1-3-12-30-20-8-9-21(30)15-25(23(14-20)17-5-10-22(33-2)11-6-17)27(32)29-19-7-4-18-16-28-26(31)24(18)13-19/h4-7,10-11,13,20-21H,3,8-9,12,14-16H2,1-2H3,(H,28,31)(H,29,32). The van der Waals surface area contributed by atoms with Crippen LogP contribution in [0, 0.1) is 0 Å². The average Bonchev–Trinajstić information content (AvgIpc) is 3.33. The summed E-state index contributed by atoms with van der Waals surface area (Å²) in [5.74, 6) is 0.661. The van der Waals surface area contributed by atoms with Crippen LogP contribution in [0.15, 0.2) is 48.0 Å². The predicted molar refractivity (Wildman–Crippen MR) is 129 cm³/mol. The Hall–Kier alpha value is -3.12. The number of nitrogens with one attached hydrogen (secondary N) is 2. The van der Waals surface area contributed by atoms with Gasteiger partial charge in [0.25, 0.3) is 11.8 Å². The molecule has 6 heteroatoms. The molecule has 0 radical (unpaired) electrons. The van der Waals surface area contributed by atoms with Gasteiger partial charge in [-0.05, 0) is 79.6 Å². The van der Waals surface area contributed by atoms with Crippen molar-refractivity contribution in [2.75, 3.05) is 19.0 Å². The van der Waals surface area contributed by atoms with Crippen molar-refractivity contribution >= 4 is 23.1 Å². The summed E-state index contributed by atoms with van der Waals surface area (Å²) in [7, 11) is 1.66. The molecule has 0 aliphatic carbocycles. The van der Waals surface area contributed by atoms with Gasteiger partial charge in [0.05, 0.1) is 7.11 Å². The topological polar surface area (TPSA) is 70.7 Å². The second-order valence-corrected chi connectivity index (χ2v) is 9.23. The van der Waals surface area contributed by atoms with E-state index in [1.807, 2.05) is 24.3 Å². The number of nitrogens with zero attached hydrogens (tertiary/aromatic N) is 1. The van der Waals surface area contributed by atoms with Crippen molar-refractivity contribution in [3.63, 3.8) is 0 Å². The number of hydrogen-bond donors (Lipinski definition) is 2. The van der Waals surface area contributed by atoms with E-state index in [4.69, 9.17) is 4.74 Å². The lowest BCUT2D eigenvalue weighted by atomic mass is 9.88. The lowest BCUT2D eigenvalue weighted by Crippen LogP contribution is -2.35. The van der Waals surface area contributed by atoms with Crippen LogP contribution < -0.4 is 15.4 Å². The van der Waals surface area contributed by atoms with Crippen molar-refractivity contribution in [1.82, 2.24) is 10.2 Å². The number of ether oxygens (including phenoxy) is 1. The van der Waals surface area contributed by atoms with Gasteiger partial charge in [0.1, 0.15) is 5.75 Å². The normalized spacial score (nSPS) is 22.1. The van der Waals surface area contributed by atoms with Crippen molar-refractivity contribution in [2.24, 2.45) is 0 Å². The van der Waals surface area contributed by atoms with Crippen LogP contribution in [0.5, 0.6) is 5.75 Å². The molecule has 2 aromatic rings. The van der Waals surface area contributed by atoms with Gasteiger partial charge in [-0.25, -0.2) is 0 Å². The van der Waals surface area contributed by atoms with E-state index in [0.29, 0.717) is 29.9 Å². The monoisotopic (exact) mass is 445 g/mol. The zero-order chi connectivity index (χ0) is 22.9. The van der Waals surface area contributed by atoms with Crippen molar-refractivity contribution in [3.8, 4) is 5.75 Å². The minimum absolute atomic E-state index is 0.0665. The highest BCUT2D eigenvalue weighted by atomic mass is 16.5. The van der Waals surface area contributed by atoms with E-state index >= 15 is 0 Å². The molecule has 0 spiro atoms. The number of rotatable bonds is 6. The molecule has 5 rings (SSSR count). The van der Waals surface area contributed by atoms with E-state index in [1.165, 1.54) is 6.42 Å². The quantitative estimate of drug-likeness (QED) is 0.693. The summed E-state index contributed by atoms with van der Waals surface area (Å²) in [4.78, 5) is 28.3. The van der Waals surface area contributed by atoms with Crippen LogP contribution >= 0.6 is 0 Å². The van der Waals surface area contributed by atoms with Gasteiger partial charge in [-0.2, -0.15) is 0 Å². The zero-order valence-electron chi connectivity index (χ0n) is 19.3. The highest BCUT2D eigenvalue weighted by molar-refractivity contribution is 6.10. The Kier molecular flexibility index (Phi) is 5.94. The van der Waals surface area contributed by atoms with Crippen LogP contribution in [0.4, 0.5) is 5.69 Å². The second-order valence-electron chi connectivity index (χ2n) is 9.23. The van der Waals surface area contributed by atoms with Gasteiger partial charge in [-0.3, -0.25) is 14.5 Å². The number of carbonyl (C=O) groups is 2. The van der Waals surface area contributed by atoms with Gasteiger partial charge >= 0.3 is 0 Å². The van der Waals surface area contributed by atoms with Crippen molar-refractivity contribution < 1.29 is 14.3 Å². The molecule has 2 bridgehead atoms. The maximum absolute atomic E-state index is 13.6. The number of benzene rings is 2. The fourth-order valence-electron chi connectivity index (χ4n) is 5.61. The Morgan fingerprint density at radius 2 is 1.88 bits per heavy atom. The van der Waals surface area contributed by atoms with Crippen molar-refractivity contribution in [3.05, 3.63) is 64.7 Å². The van der Waals surface area contributed by atoms with Gasteiger partial charge in [-0.1, -0.05) is 25.1 Å². The largest absolute Gasteiger partial charge is 0.497 e. The molecule has 172 valence electrons. The lowest BCUT2D eigenvalue weighted by Gasteiger charge is -2.27. The van der Waals surface area contributed by atoms with Crippen LogP contribution in [-0.2, 0) is 11.3 Å². The first-order valence-electron chi connectivity index (χ1n) is 11.9. The van der Waals surface area contributed by atoms with E-state index in [0.717, 1.165) is 60.3 Å². The molecule has 3 aliphatic rings. The Morgan fingerprint density at radius 1 is 1.12 bits per heavy atom. The molecular weight excluding hydrogens is 414 g/mol. The van der Waals surface area contributed by atoms with Crippen LogP contribution in [-0.4, -0.2) is 42.5 Å². The molecule has 0 saturated carbocycles. The number of amides is 2. The first-order valence-corrected chi connectivity index (χ1v) is 11.9. The maximum Gasteiger partial charge on any atom is 0.251 e. The van der Waals surface area contributed by atoms with Gasteiger partial charge in [-0.15, -0.1) is 0 Å². The fraction of sp³-hybridized carbons (Fsp3) is 0.407. The summed E-state index contributed by atoms with van der Waals surface area (Å²) in [5, 5.41) is 5.93. The molecule has 3 heterocycles. The maximum atomic E-state index is 13.6. The summed E-state index contributed by atoms with van der Waals surface area (Å²) in [6.45, 7) is 3.84. The molecular formula is C27H31N3O3. The predicted octanol–water partition coefficient (Wildman–Crippen LogP) is 4.37. The highest BCUT2D eigenvalue weighted by Gasteiger charge is 2.38. The van der Waals surface area contributed by atoms with Gasteiger partial charge in [0.15, 0.2) is 0 Å². The number of carbonyl (C=O) groups excluding carboxylic acids is 2. The summed E-state index contributed by atoms with van der Waals surface area (Å²) in [6.07, 6.45) is 5.05. The summed E-state index contributed by atoms with van der Waals surface area (Å²) >= 11 is 0. The third kappa shape index (κ3) is 4.15. The SMILES string of the molecule is CCCN1C2CCC1CC(c1ccc(OC)cc1)=C(C(=O)Nc1ccc3c(c1)C(=O)NC3)C2. The zero-order valence-corrected chi connectivity index (χ0v) is 19.3. The Bertz CT molecular complexity index is 1110. The number of hydrogen-bond acceptors (Lipinski definition) is 4. The third-order valence-electron chi connectivity index (χ3n) is 7.26. The molecule has 2 amide bonds. The van der Waals surface area contributed by atoms with Crippen LogP contribution in [0.1, 0.15) is 60.5 Å². The summed E-state index contributed by atoms with van der Waals surface area (Å²) in [5.41, 5.74) is 5.35. The third-order valence-corrected chi connectivity index (χ3v) is 7.26. The van der Waals surface area contributed by atoms with Crippen LogP contribution in [0.3, 0.4) is 0 Å².